The average molecular weight is 231 g/mol. The molecule has 0 nitrogen and oxygen atoms in total. The maximum absolute atomic E-state index is 13.5. The predicted octanol–water partition coefficient (Wildman–Crippen LogP) is 4.15. The van der Waals surface area contributed by atoms with Crippen LogP contribution in [0.3, 0.4) is 0 Å². The molecule has 0 amide bonds. The van der Waals surface area contributed by atoms with Crippen LogP contribution < -0.4 is 0 Å². The van der Waals surface area contributed by atoms with Crippen molar-refractivity contribution in [1.82, 2.24) is 0 Å². The molecule has 0 saturated heterocycles. The molecule has 0 aliphatic heterocycles. The summed E-state index contributed by atoms with van der Waals surface area (Å²) in [7, 11) is 0. The molecule has 0 saturated carbocycles. The van der Waals surface area contributed by atoms with Crippen LogP contribution >= 0.6 is 0 Å². The van der Waals surface area contributed by atoms with Gasteiger partial charge in [-0.25, -0.2) is 8.78 Å². The van der Waals surface area contributed by atoms with E-state index in [9.17, 15) is 8.78 Å². The Bertz CT molecular complexity index is 489. The van der Waals surface area contributed by atoms with Crippen LogP contribution in [-0.2, 0) is 6.42 Å². The van der Waals surface area contributed by atoms with Gasteiger partial charge in [0.1, 0.15) is 11.6 Å². The van der Waals surface area contributed by atoms with Gasteiger partial charge in [0.05, 0.1) is 0 Å². The quantitative estimate of drug-likeness (QED) is 0.744. The molecule has 2 rings (SSSR count). The summed E-state index contributed by atoms with van der Waals surface area (Å²) in [5, 5.41) is 0. The van der Waals surface area contributed by atoms with E-state index in [1.165, 1.54) is 18.2 Å². The Morgan fingerprint density at radius 3 is 2.24 bits per heavy atom. The van der Waals surface area contributed by atoms with Gasteiger partial charge < -0.3 is 0 Å². The van der Waals surface area contributed by atoms with Crippen LogP contribution in [0.2, 0.25) is 0 Å². The Balaban J connectivity index is 2.14. The summed E-state index contributed by atoms with van der Waals surface area (Å²) in [4.78, 5) is 0. The van der Waals surface area contributed by atoms with Gasteiger partial charge in [-0.2, -0.15) is 0 Å². The van der Waals surface area contributed by atoms with Crippen molar-refractivity contribution in [1.29, 1.82) is 0 Å². The van der Waals surface area contributed by atoms with Gasteiger partial charge in [0.15, 0.2) is 0 Å². The third-order valence-electron chi connectivity index (χ3n) is 2.72. The van der Waals surface area contributed by atoms with Crippen LogP contribution in [0.5, 0.6) is 0 Å². The first kappa shape index (κ1) is 11.8. The number of benzene rings is 2. The third kappa shape index (κ3) is 2.90. The molecule has 2 aromatic rings. The van der Waals surface area contributed by atoms with Gasteiger partial charge in [0.2, 0.25) is 0 Å². The predicted molar refractivity (Wildman–Crippen MR) is 64.5 cm³/mol. The summed E-state index contributed by atoms with van der Waals surface area (Å²) >= 11 is 0. The Morgan fingerprint density at radius 1 is 0.941 bits per heavy atom. The SMILES string of the molecule is C[C](Cc1ccc(F)cc1)c1ccccc1F. The standard InChI is InChI=1S/C15H13F2/c1-11(14-4-2-3-5-15(14)17)10-12-6-8-13(16)9-7-12/h2-9H,10H2,1H3. The third-order valence-corrected chi connectivity index (χ3v) is 2.72. The second-order valence-electron chi connectivity index (χ2n) is 4.06. The van der Waals surface area contributed by atoms with E-state index in [2.05, 4.69) is 0 Å². The first-order chi connectivity index (χ1) is 8.16. The molecule has 0 N–H and O–H groups in total. The summed E-state index contributed by atoms with van der Waals surface area (Å²) in [5.41, 5.74) is 1.60. The molecule has 0 bridgehead atoms. The van der Waals surface area contributed by atoms with E-state index in [-0.39, 0.29) is 11.6 Å². The maximum atomic E-state index is 13.5. The molecule has 1 radical (unpaired) electrons. The van der Waals surface area contributed by atoms with Crippen molar-refractivity contribution >= 4 is 0 Å². The van der Waals surface area contributed by atoms with Crippen molar-refractivity contribution in [2.24, 2.45) is 0 Å². The van der Waals surface area contributed by atoms with E-state index in [4.69, 9.17) is 0 Å². The van der Waals surface area contributed by atoms with Crippen molar-refractivity contribution in [2.45, 2.75) is 13.3 Å². The number of hydrogen-bond acceptors (Lipinski definition) is 0. The molecule has 87 valence electrons. The van der Waals surface area contributed by atoms with E-state index in [1.54, 1.807) is 24.3 Å². The van der Waals surface area contributed by atoms with E-state index in [0.29, 0.717) is 12.0 Å². The van der Waals surface area contributed by atoms with E-state index in [0.717, 1.165) is 11.5 Å². The molecule has 2 aromatic carbocycles. The monoisotopic (exact) mass is 231 g/mol. The van der Waals surface area contributed by atoms with Gasteiger partial charge in [0, 0.05) is 5.92 Å². The number of rotatable bonds is 3. The molecule has 0 aliphatic rings. The minimum atomic E-state index is -0.253. The molecule has 17 heavy (non-hydrogen) atoms. The van der Waals surface area contributed by atoms with E-state index < -0.39 is 0 Å². The van der Waals surface area contributed by atoms with Crippen LogP contribution in [-0.4, -0.2) is 0 Å². The lowest BCUT2D eigenvalue weighted by Gasteiger charge is -2.12. The van der Waals surface area contributed by atoms with Crippen molar-refractivity contribution in [3.63, 3.8) is 0 Å². The van der Waals surface area contributed by atoms with Crippen molar-refractivity contribution in [2.75, 3.05) is 0 Å². The fraction of sp³-hybridized carbons (Fsp3) is 0.133. The smallest absolute Gasteiger partial charge is 0.126 e. The van der Waals surface area contributed by atoms with Crippen molar-refractivity contribution < 1.29 is 8.78 Å². The van der Waals surface area contributed by atoms with Crippen LogP contribution in [0.25, 0.3) is 0 Å². The zero-order valence-electron chi connectivity index (χ0n) is 9.58. The molecule has 2 heteroatoms. The van der Waals surface area contributed by atoms with Gasteiger partial charge in [-0.1, -0.05) is 37.3 Å². The second kappa shape index (κ2) is 5.09. The first-order valence-corrected chi connectivity index (χ1v) is 5.48. The molecular formula is C15H13F2. The highest BCUT2D eigenvalue weighted by Gasteiger charge is 2.11. The van der Waals surface area contributed by atoms with Crippen LogP contribution in [0.4, 0.5) is 8.78 Å². The molecule has 0 heterocycles. The summed E-state index contributed by atoms with van der Waals surface area (Å²) in [6, 6.07) is 13.0. The van der Waals surface area contributed by atoms with Crippen LogP contribution in [0, 0.1) is 17.6 Å². The number of halogens is 2. The molecule has 0 aliphatic carbocycles. The highest BCUT2D eigenvalue weighted by Crippen LogP contribution is 2.21. The first-order valence-electron chi connectivity index (χ1n) is 5.48. The molecule has 0 fully saturated rings. The molecule has 0 spiro atoms. The van der Waals surface area contributed by atoms with Gasteiger partial charge in [-0.15, -0.1) is 0 Å². The van der Waals surface area contributed by atoms with Crippen molar-refractivity contribution in [3.8, 4) is 0 Å². The van der Waals surface area contributed by atoms with Gasteiger partial charge >= 0.3 is 0 Å². The Labute approximate surface area is 99.9 Å². The lowest BCUT2D eigenvalue weighted by molar-refractivity contribution is 0.613. The van der Waals surface area contributed by atoms with Gasteiger partial charge in [-0.3, -0.25) is 0 Å². The van der Waals surface area contributed by atoms with Crippen LogP contribution in [0.1, 0.15) is 18.1 Å². The van der Waals surface area contributed by atoms with Crippen LogP contribution in [0.15, 0.2) is 48.5 Å². The lowest BCUT2D eigenvalue weighted by atomic mass is 9.93. The van der Waals surface area contributed by atoms with E-state index >= 15 is 0 Å². The van der Waals surface area contributed by atoms with E-state index in [1.807, 2.05) is 13.0 Å². The van der Waals surface area contributed by atoms with Gasteiger partial charge in [-0.05, 0) is 35.7 Å². The largest absolute Gasteiger partial charge is 0.207 e. The fourth-order valence-electron chi connectivity index (χ4n) is 1.81. The molecule has 0 unspecified atom stereocenters. The topological polar surface area (TPSA) is 0 Å². The zero-order valence-corrected chi connectivity index (χ0v) is 9.58. The highest BCUT2D eigenvalue weighted by molar-refractivity contribution is 5.34. The average Bonchev–Trinajstić information content (AvgIpc) is 2.32. The summed E-state index contributed by atoms with van der Waals surface area (Å²) in [5.74, 6) is 0.471. The van der Waals surface area contributed by atoms with Gasteiger partial charge in [0.25, 0.3) is 0 Å². The minimum Gasteiger partial charge on any atom is -0.207 e. The van der Waals surface area contributed by atoms with Crippen molar-refractivity contribution in [3.05, 3.63) is 77.2 Å². The summed E-state index contributed by atoms with van der Waals surface area (Å²) in [6.45, 7) is 1.89. The Hall–Kier alpha value is -1.70. The number of hydrogen-bond donors (Lipinski definition) is 0. The summed E-state index contributed by atoms with van der Waals surface area (Å²) < 4.78 is 26.3. The molecular weight excluding hydrogens is 218 g/mol. The Kier molecular flexibility index (Phi) is 3.52. The summed E-state index contributed by atoms with van der Waals surface area (Å²) in [6.07, 6.45) is 0.626. The Morgan fingerprint density at radius 2 is 1.59 bits per heavy atom. The molecule has 0 atom stereocenters. The molecule has 0 aromatic heterocycles. The maximum Gasteiger partial charge on any atom is 0.126 e. The lowest BCUT2D eigenvalue weighted by Crippen LogP contribution is -2.02. The normalized spacial score (nSPS) is 10.8. The fourth-order valence-corrected chi connectivity index (χ4v) is 1.81. The highest BCUT2D eigenvalue weighted by atomic mass is 19.1. The zero-order chi connectivity index (χ0) is 12.3. The second-order valence-corrected chi connectivity index (χ2v) is 4.06. The minimum absolute atomic E-state index is 0.216.